The highest BCUT2D eigenvalue weighted by Crippen LogP contribution is 2.21. The number of hydrogen-bond acceptors (Lipinski definition) is 4. The standard InChI is InChI=1S/C12H15N3O3/c1-15-5-4-10(11(15)16)14-7-2-3-9(13)8(6-7)12(17)18/h2-3,6,10,14H,4-5,13H2,1H3,(H,17,18). The molecule has 0 bridgehead atoms. The van der Waals surface area contributed by atoms with Gasteiger partial charge in [-0.15, -0.1) is 0 Å². The van der Waals surface area contributed by atoms with Crippen molar-refractivity contribution in [2.75, 3.05) is 24.6 Å². The Hall–Kier alpha value is -2.24. The van der Waals surface area contributed by atoms with E-state index in [4.69, 9.17) is 10.8 Å². The number of nitrogens with one attached hydrogen (secondary N) is 1. The molecule has 0 saturated carbocycles. The number of amides is 1. The summed E-state index contributed by atoms with van der Waals surface area (Å²) in [6.07, 6.45) is 0.710. The molecule has 4 N–H and O–H groups in total. The highest BCUT2D eigenvalue weighted by molar-refractivity contribution is 5.95. The quantitative estimate of drug-likeness (QED) is 0.682. The molecule has 6 heteroatoms. The zero-order valence-electron chi connectivity index (χ0n) is 10.0. The number of aromatic carboxylic acids is 1. The molecule has 1 aliphatic heterocycles. The highest BCUT2D eigenvalue weighted by atomic mass is 16.4. The molecule has 1 saturated heterocycles. The van der Waals surface area contributed by atoms with E-state index in [-0.39, 0.29) is 23.2 Å². The van der Waals surface area contributed by atoms with Gasteiger partial charge in [0, 0.05) is 25.0 Å². The number of carbonyl (C=O) groups excluding carboxylic acids is 1. The molecule has 1 aromatic carbocycles. The summed E-state index contributed by atoms with van der Waals surface area (Å²) in [5.74, 6) is -1.06. The Morgan fingerprint density at radius 3 is 2.83 bits per heavy atom. The second-order valence-corrected chi connectivity index (χ2v) is 4.35. The zero-order chi connectivity index (χ0) is 13.3. The molecule has 1 aromatic rings. The lowest BCUT2D eigenvalue weighted by atomic mass is 10.1. The van der Waals surface area contributed by atoms with E-state index in [0.29, 0.717) is 18.7 Å². The van der Waals surface area contributed by atoms with Crippen molar-refractivity contribution in [3.05, 3.63) is 23.8 Å². The average molecular weight is 249 g/mol. The molecule has 18 heavy (non-hydrogen) atoms. The van der Waals surface area contributed by atoms with Crippen molar-refractivity contribution in [3.8, 4) is 0 Å². The molecule has 1 aliphatic rings. The summed E-state index contributed by atoms with van der Waals surface area (Å²) in [5.41, 5.74) is 6.41. The number of likely N-dealkylation sites (tertiary alicyclic amines) is 1. The SMILES string of the molecule is CN1CCC(Nc2ccc(N)c(C(=O)O)c2)C1=O. The van der Waals surface area contributed by atoms with Crippen molar-refractivity contribution in [2.45, 2.75) is 12.5 Å². The maximum atomic E-state index is 11.7. The molecule has 2 rings (SSSR count). The van der Waals surface area contributed by atoms with Crippen LogP contribution in [0.25, 0.3) is 0 Å². The fourth-order valence-corrected chi connectivity index (χ4v) is 1.99. The van der Waals surface area contributed by atoms with Crippen LogP contribution in [0.1, 0.15) is 16.8 Å². The topological polar surface area (TPSA) is 95.7 Å². The lowest BCUT2D eigenvalue weighted by molar-refractivity contribution is -0.127. The Bertz CT molecular complexity index is 501. The van der Waals surface area contributed by atoms with Gasteiger partial charge in [-0.25, -0.2) is 4.79 Å². The number of carboxylic acid groups (broad SMARTS) is 1. The minimum absolute atomic E-state index is 0.0173. The van der Waals surface area contributed by atoms with Crippen LogP contribution < -0.4 is 11.1 Å². The van der Waals surface area contributed by atoms with Crippen molar-refractivity contribution < 1.29 is 14.7 Å². The second-order valence-electron chi connectivity index (χ2n) is 4.35. The monoisotopic (exact) mass is 249 g/mol. The third-order valence-corrected chi connectivity index (χ3v) is 3.05. The largest absolute Gasteiger partial charge is 0.478 e. The minimum atomic E-state index is -1.08. The molecule has 1 atom stereocenters. The van der Waals surface area contributed by atoms with Crippen LogP contribution in [0.5, 0.6) is 0 Å². The number of nitrogens with zero attached hydrogens (tertiary/aromatic N) is 1. The Balaban J connectivity index is 2.18. The van der Waals surface area contributed by atoms with E-state index >= 15 is 0 Å². The van der Waals surface area contributed by atoms with E-state index in [9.17, 15) is 9.59 Å². The summed E-state index contributed by atoms with van der Waals surface area (Å²) in [6.45, 7) is 0.706. The molecular weight excluding hydrogens is 234 g/mol. The lowest BCUT2D eigenvalue weighted by Crippen LogP contribution is -2.31. The van der Waals surface area contributed by atoms with E-state index in [2.05, 4.69) is 5.32 Å². The maximum Gasteiger partial charge on any atom is 0.337 e. The molecule has 1 fully saturated rings. The predicted octanol–water partition coefficient (Wildman–Crippen LogP) is 0.610. The van der Waals surface area contributed by atoms with Crippen LogP contribution in [0, 0.1) is 0 Å². The van der Waals surface area contributed by atoms with Crippen LogP contribution in [-0.4, -0.2) is 41.5 Å². The lowest BCUT2D eigenvalue weighted by Gasteiger charge is -2.14. The first-order valence-corrected chi connectivity index (χ1v) is 5.63. The Kier molecular flexibility index (Phi) is 3.10. The summed E-state index contributed by atoms with van der Waals surface area (Å²) in [7, 11) is 1.75. The molecule has 6 nitrogen and oxygen atoms in total. The van der Waals surface area contributed by atoms with Crippen LogP contribution in [0.2, 0.25) is 0 Å². The van der Waals surface area contributed by atoms with Crippen molar-refractivity contribution in [1.29, 1.82) is 0 Å². The van der Waals surface area contributed by atoms with E-state index in [0.717, 1.165) is 0 Å². The maximum absolute atomic E-state index is 11.7. The molecule has 0 radical (unpaired) electrons. The van der Waals surface area contributed by atoms with Gasteiger partial charge in [-0.05, 0) is 24.6 Å². The summed E-state index contributed by atoms with van der Waals surface area (Å²) in [5, 5.41) is 12.0. The fourth-order valence-electron chi connectivity index (χ4n) is 1.99. The van der Waals surface area contributed by atoms with Gasteiger partial charge in [0.05, 0.1) is 5.56 Å². The van der Waals surface area contributed by atoms with Gasteiger partial charge in [-0.2, -0.15) is 0 Å². The molecule has 1 amide bonds. The van der Waals surface area contributed by atoms with Gasteiger partial charge in [0.2, 0.25) is 5.91 Å². The van der Waals surface area contributed by atoms with Crippen LogP contribution in [0.3, 0.4) is 0 Å². The number of carboxylic acids is 1. The van der Waals surface area contributed by atoms with Gasteiger partial charge in [-0.1, -0.05) is 0 Å². The van der Waals surface area contributed by atoms with E-state index in [1.165, 1.54) is 12.1 Å². The van der Waals surface area contributed by atoms with Gasteiger partial charge >= 0.3 is 5.97 Å². The second kappa shape index (κ2) is 4.56. The van der Waals surface area contributed by atoms with Gasteiger partial charge in [0.25, 0.3) is 0 Å². The Morgan fingerprint density at radius 2 is 2.28 bits per heavy atom. The average Bonchev–Trinajstić information content (AvgIpc) is 2.63. The first kappa shape index (κ1) is 12.2. The fraction of sp³-hybridized carbons (Fsp3) is 0.333. The van der Waals surface area contributed by atoms with Crippen LogP contribution >= 0.6 is 0 Å². The highest BCUT2D eigenvalue weighted by Gasteiger charge is 2.28. The number of likely N-dealkylation sites (N-methyl/N-ethyl adjacent to an activating group) is 1. The number of nitrogen functional groups attached to an aromatic ring is 1. The third kappa shape index (κ3) is 2.22. The Morgan fingerprint density at radius 1 is 1.56 bits per heavy atom. The normalized spacial score (nSPS) is 19.1. The molecule has 1 unspecified atom stereocenters. The smallest absolute Gasteiger partial charge is 0.337 e. The number of hydrogen-bond donors (Lipinski definition) is 3. The minimum Gasteiger partial charge on any atom is -0.478 e. The summed E-state index contributed by atoms with van der Waals surface area (Å²) >= 11 is 0. The number of nitrogens with two attached hydrogens (primary N) is 1. The van der Waals surface area contributed by atoms with E-state index < -0.39 is 5.97 Å². The number of benzene rings is 1. The van der Waals surface area contributed by atoms with Crippen molar-refractivity contribution in [1.82, 2.24) is 4.90 Å². The molecule has 96 valence electrons. The third-order valence-electron chi connectivity index (χ3n) is 3.05. The number of rotatable bonds is 3. The number of anilines is 2. The van der Waals surface area contributed by atoms with E-state index in [1.54, 1.807) is 18.0 Å². The van der Waals surface area contributed by atoms with Crippen molar-refractivity contribution in [3.63, 3.8) is 0 Å². The first-order chi connectivity index (χ1) is 8.49. The van der Waals surface area contributed by atoms with Gasteiger partial charge < -0.3 is 21.1 Å². The molecule has 0 aliphatic carbocycles. The Labute approximate surface area is 104 Å². The van der Waals surface area contributed by atoms with Crippen LogP contribution in [-0.2, 0) is 4.79 Å². The van der Waals surface area contributed by atoms with Gasteiger partial charge in [-0.3, -0.25) is 4.79 Å². The van der Waals surface area contributed by atoms with Crippen LogP contribution in [0.4, 0.5) is 11.4 Å². The first-order valence-electron chi connectivity index (χ1n) is 5.63. The molecular formula is C12H15N3O3. The summed E-state index contributed by atoms with van der Waals surface area (Å²) in [4.78, 5) is 24.3. The van der Waals surface area contributed by atoms with Crippen LogP contribution in [0.15, 0.2) is 18.2 Å². The van der Waals surface area contributed by atoms with Crippen molar-refractivity contribution in [2.24, 2.45) is 0 Å². The zero-order valence-corrected chi connectivity index (χ0v) is 10.0. The molecule has 0 aromatic heterocycles. The predicted molar refractivity (Wildman–Crippen MR) is 67.5 cm³/mol. The summed E-state index contributed by atoms with van der Waals surface area (Å²) in [6, 6.07) is 4.35. The van der Waals surface area contributed by atoms with Gasteiger partial charge in [0.15, 0.2) is 0 Å². The van der Waals surface area contributed by atoms with Crippen molar-refractivity contribution >= 4 is 23.3 Å². The summed E-state index contributed by atoms with van der Waals surface area (Å²) < 4.78 is 0. The molecule has 0 spiro atoms. The molecule has 1 heterocycles. The van der Waals surface area contributed by atoms with E-state index in [1.807, 2.05) is 0 Å². The number of carbonyl (C=O) groups is 2. The van der Waals surface area contributed by atoms with Gasteiger partial charge in [0.1, 0.15) is 6.04 Å².